The monoisotopic (exact) mass is 405 g/mol. The highest BCUT2D eigenvalue weighted by atomic mass is 16.3. The van der Waals surface area contributed by atoms with E-state index in [0.29, 0.717) is 17.7 Å². The molecule has 3 heterocycles. The average molecular weight is 405 g/mol. The largest absolute Gasteiger partial charge is 0.392 e. The zero-order chi connectivity index (χ0) is 21.0. The highest BCUT2D eigenvalue weighted by Crippen LogP contribution is 2.53. The Kier molecular flexibility index (Phi) is 4.27. The number of imide groups is 1. The van der Waals surface area contributed by atoms with E-state index in [1.165, 1.54) is 4.90 Å². The quantitative estimate of drug-likeness (QED) is 0.660. The number of amides is 3. The van der Waals surface area contributed by atoms with Gasteiger partial charge >= 0.3 is 0 Å². The molecule has 2 aromatic carbocycles. The van der Waals surface area contributed by atoms with Crippen molar-refractivity contribution in [3.05, 3.63) is 65.7 Å². The van der Waals surface area contributed by atoms with E-state index in [9.17, 15) is 19.5 Å². The van der Waals surface area contributed by atoms with Crippen LogP contribution in [0, 0.1) is 11.8 Å². The zero-order valence-electron chi connectivity index (χ0n) is 16.5. The van der Waals surface area contributed by atoms with Gasteiger partial charge in [0.05, 0.1) is 17.9 Å². The van der Waals surface area contributed by atoms with E-state index in [4.69, 9.17) is 0 Å². The summed E-state index contributed by atoms with van der Waals surface area (Å²) in [7, 11) is 0. The topological polar surface area (TPSA) is 98.7 Å². The van der Waals surface area contributed by atoms with Crippen molar-refractivity contribution in [1.82, 2.24) is 10.2 Å². The number of anilines is 1. The van der Waals surface area contributed by atoms with Crippen LogP contribution in [-0.2, 0) is 26.3 Å². The first kappa shape index (κ1) is 19.0. The molecule has 0 aromatic heterocycles. The summed E-state index contributed by atoms with van der Waals surface area (Å²) >= 11 is 0. The normalized spacial score (nSPS) is 30.5. The third-order valence-corrected chi connectivity index (χ3v) is 6.64. The molecule has 0 aliphatic carbocycles. The van der Waals surface area contributed by atoms with Crippen LogP contribution in [0.1, 0.15) is 18.1 Å². The second-order valence-corrected chi connectivity index (χ2v) is 8.29. The Morgan fingerprint density at radius 3 is 2.47 bits per heavy atom. The molecule has 2 saturated heterocycles. The van der Waals surface area contributed by atoms with Crippen LogP contribution in [0.15, 0.2) is 54.6 Å². The molecule has 3 aliphatic rings. The van der Waals surface area contributed by atoms with Gasteiger partial charge in [0.2, 0.25) is 17.7 Å². The SMILES string of the molecule is CC(O)C1NC2(C(=O)Nc3ccccc32)[C@@H]2C(=O)N(CCc3ccccc3)C(=O)[C@H]12. The molecular formula is C23H23N3O4. The second-order valence-electron chi connectivity index (χ2n) is 8.29. The first-order chi connectivity index (χ1) is 14.4. The number of para-hydroxylation sites is 1. The summed E-state index contributed by atoms with van der Waals surface area (Å²) in [6, 6.07) is 16.2. The lowest BCUT2D eigenvalue weighted by Crippen LogP contribution is -2.54. The summed E-state index contributed by atoms with van der Waals surface area (Å²) in [6.07, 6.45) is -0.358. The molecule has 5 rings (SSSR count). The summed E-state index contributed by atoms with van der Waals surface area (Å²) in [5.41, 5.74) is 0.957. The van der Waals surface area contributed by atoms with E-state index < -0.39 is 29.5 Å². The highest BCUT2D eigenvalue weighted by molar-refractivity contribution is 6.15. The molecule has 154 valence electrons. The van der Waals surface area contributed by atoms with E-state index in [1.807, 2.05) is 42.5 Å². The molecule has 0 saturated carbocycles. The smallest absolute Gasteiger partial charge is 0.250 e. The molecule has 0 bridgehead atoms. The molecule has 3 aliphatic heterocycles. The molecule has 1 spiro atoms. The van der Waals surface area contributed by atoms with Gasteiger partial charge in [0.15, 0.2) is 0 Å². The highest BCUT2D eigenvalue weighted by Gasteiger charge is 2.70. The van der Waals surface area contributed by atoms with Gasteiger partial charge < -0.3 is 10.4 Å². The summed E-state index contributed by atoms with van der Waals surface area (Å²) < 4.78 is 0. The van der Waals surface area contributed by atoms with Crippen molar-refractivity contribution in [1.29, 1.82) is 0 Å². The number of rotatable bonds is 4. The van der Waals surface area contributed by atoms with Crippen LogP contribution in [0.25, 0.3) is 0 Å². The van der Waals surface area contributed by atoms with Gasteiger partial charge in [-0.3, -0.25) is 24.6 Å². The van der Waals surface area contributed by atoms with E-state index in [-0.39, 0.29) is 24.3 Å². The molecule has 3 amide bonds. The van der Waals surface area contributed by atoms with Crippen molar-refractivity contribution in [2.75, 3.05) is 11.9 Å². The minimum Gasteiger partial charge on any atom is -0.392 e. The fraction of sp³-hybridized carbons (Fsp3) is 0.348. The maximum Gasteiger partial charge on any atom is 0.250 e. The van der Waals surface area contributed by atoms with Gasteiger partial charge in [-0.25, -0.2) is 0 Å². The minimum absolute atomic E-state index is 0.251. The van der Waals surface area contributed by atoms with E-state index in [0.717, 1.165) is 5.56 Å². The number of hydrogen-bond acceptors (Lipinski definition) is 5. The summed E-state index contributed by atoms with van der Waals surface area (Å²) in [6.45, 7) is 1.83. The molecular weight excluding hydrogens is 382 g/mol. The van der Waals surface area contributed by atoms with Gasteiger partial charge in [0.1, 0.15) is 5.54 Å². The third-order valence-electron chi connectivity index (χ3n) is 6.64. The van der Waals surface area contributed by atoms with Crippen LogP contribution in [0.3, 0.4) is 0 Å². The summed E-state index contributed by atoms with van der Waals surface area (Å²) in [4.78, 5) is 41.3. The van der Waals surface area contributed by atoms with Crippen LogP contribution < -0.4 is 10.6 Å². The number of benzene rings is 2. The standard InChI is InChI=1S/C23H23N3O4/c1-13(27)19-17-18(23(25-19)15-9-5-6-10-16(15)24-22(23)30)21(29)26(20(17)28)12-11-14-7-3-2-4-8-14/h2-10,13,17-19,25,27H,11-12H2,1H3,(H,24,30)/t13?,17-,18-,19?,23?/m0/s1. The van der Waals surface area contributed by atoms with Gasteiger partial charge in [-0.2, -0.15) is 0 Å². The average Bonchev–Trinajstić information content (AvgIpc) is 3.33. The predicted octanol–water partition coefficient (Wildman–Crippen LogP) is 1.03. The van der Waals surface area contributed by atoms with E-state index >= 15 is 0 Å². The lowest BCUT2D eigenvalue weighted by molar-refractivity contribution is -0.143. The van der Waals surface area contributed by atoms with Gasteiger partial charge in [0, 0.05) is 23.8 Å². The van der Waals surface area contributed by atoms with E-state index in [1.54, 1.807) is 19.1 Å². The van der Waals surface area contributed by atoms with Crippen LogP contribution in [0.5, 0.6) is 0 Å². The molecule has 3 unspecified atom stereocenters. The van der Waals surface area contributed by atoms with Crippen molar-refractivity contribution in [3.63, 3.8) is 0 Å². The number of carbonyl (C=O) groups is 3. The van der Waals surface area contributed by atoms with Crippen LogP contribution in [0.2, 0.25) is 0 Å². The molecule has 7 nitrogen and oxygen atoms in total. The maximum absolute atomic E-state index is 13.5. The number of aliphatic hydroxyl groups excluding tert-OH is 1. The molecule has 30 heavy (non-hydrogen) atoms. The Balaban J connectivity index is 1.54. The first-order valence-electron chi connectivity index (χ1n) is 10.2. The third kappa shape index (κ3) is 2.49. The van der Waals surface area contributed by atoms with Gasteiger partial charge in [-0.15, -0.1) is 0 Å². The first-order valence-corrected chi connectivity index (χ1v) is 10.2. The van der Waals surface area contributed by atoms with Crippen molar-refractivity contribution >= 4 is 23.4 Å². The number of carbonyl (C=O) groups excluding carboxylic acids is 3. The van der Waals surface area contributed by atoms with Gasteiger partial charge in [0.25, 0.3) is 0 Å². The minimum atomic E-state index is -1.35. The molecule has 5 atom stereocenters. The molecule has 2 aromatic rings. The molecule has 0 radical (unpaired) electrons. The fourth-order valence-electron chi connectivity index (χ4n) is 5.27. The maximum atomic E-state index is 13.5. The molecule has 7 heteroatoms. The zero-order valence-corrected chi connectivity index (χ0v) is 16.5. The number of nitrogens with zero attached hydrogens (tertiary/aromatic N) is 1. The van der Waals surface area contributed by atoms with Crippen LogP contribution in [0.4, 0.5) is 5.69 Å². The Labute approximate surface area is 174 Å². The van der Waals surface area contributed by atoms with Crippen molar-refractivity contribution in [2.45, 2.75) is 31.0 Å². The van der Waals surface area contributed by atoms with Gasteiger partial charge in [-0.05, 0) is 25.0 Å². The number of likely N-dealkylation sites (tertiary alicyclic amines) is 1. The predicted molar refractivity (Wildman–Crippen MR) is 109 cm³/mol. The summed E-state index contributed by atoms with van der Waals surface area (Å²) in [5, 5.41) is 16.4. The van der Waals surface area contributed by atoms with E-state index in [2.05, 4.69) is 10.6 Å². The lowest BCUT2D eigenvalue weighted by atomic mass is 9.76. The summed E-state index contributed by atoms with van der Waals surface area (Å²) in [5.74, 6) is -2.71. The number of hydrogen-bond donors (Lipinski definition) is 3. The Hall–Kier alpha value is -3.03. The number of fused-ring (bicyclic) bond motifs is 4. The Morgan fingerprint density at radius 1 is 1.03 bits per heavy atom. The fourth-order valence-corrected chi connectivity index (χ4v) is 5.27. The second kappa shape index (κ2) is 6.75. The van der Waals surface area contributed by atoms with Crippen molar-refractivity contribution in [2.24, 2.45) is 11.8 Å². The van der Waals surface area contributed by atoms with Crippen molar-refractivity contribution < 1.29 is 19.5 Å². The van der Waals surface area contributed by atoms with Gasteiger partial charge in [-0.1, -0.05) is 48.5 Å². The number of aliphatic hydroxyl groups is 1. The lowest BCUT2D eigenvalue weighted by Gasteiger charge is -2.30. The number of nitrogens with one attached hydrogen (secondary N) is 2. The van der Waals surface area contributed by atoms with Crippen molar-refractivity contribution in [3.8, 4) is 0 Å². The Morgan fingerprint density at radius 2 is 1.73 bits per heavy atom. The molecule has 3 N–H and O–H groups in total. The van der Waals surface area contributed by atoms with Crippen LogP contribution >= 0.6 is 0 Å². The Bertz CT molecular complexity index is 1040. The molecule has 2 fully saturated rings. The van der Waals surface area contributed by atoms with Crippen LogP contribution in [-0.4, -0.2) is 46.4 Å².